The van der Waals surface area contributed by atoms with Gasteiger partial charge in [-0.1, -0.05) is 41.4 Å². The minimum Gasteiger partial charge on any atom is -0.505 e. The van der Waals surface area contributed by atoms with Crippen LogP contribution in [-0.4, -0.2) is 5.11 Å². The third-order valence-electron chi connectivity index (χ3n) is 2.20. The van der Waals surface area contributed by atoms with Gasteiger partial charge in [-0.05, 0) is 18.2 Å². The predicted octanol–water partition coefficient (Wildman–Crippen LogP) is 4.51. The number of aromatic hydroxyl groups is 1. The molecule has 0 fully saturated rings. The van der Waals surface area contributed by atoms with Gasteiger partial charge < -0.3 is 5.11 Å². The summed E-state index contributed by atoms with van der Waals surface area (Å²) in [5.74, 6) is -1.09. The Morgan fingerprint density at radius 3 is 2.44 bits per heavy atom. The normalized spacial score (nSPS) is 10.4. The van der Waals surface area contributed by atoms with E-state index in [1.165, 1.54) is 12.1 Å². The van der Waals surface area contributed by atoms with Gasteiger partial charge in [0.1, 0.15) is 0 Å². The lowest BCUT2D eigenvalue weighted by Gasteiger charge is -2.07. The van der Waals surface area contributed by atoms with E-state index in [2.05, 4.69) is 0 Å². The van der Waals surface area contributed by atoms with Crippen molar-refractivity contribution in [2.24, 2.45) is 0 Å². The lowest BCUT2D eigenvalue weighted by molar-refractivity contribution is 0.433. The first-order valence-electron chi connectivity index (χ1n) is 4.52. The number of hydrogen-bond donors (Lipinski definition) is 1. The molecule has 1 N–H and O–H groups in total. The average molecular weight is 257 g/mol. The Balaban J connectivity index is 2.63. The largest absolute Gasteiger partial charge is 0.505 e. The van der Waals surface area contributed by atoms with Gasteiger partial charge in [0.05, 0.1) is 0 Å². The van der Waals surface area contributed by atoms with E-state index in [-0.39, 0.29) is 5.56 Å². The summed E-state index contributed by atoms with van der Waals surface area (Å²) < 4.78 is 13.6. The van der Waals surface area contributed by atoms with Crippen LogP contribution in [0, 0.1) is 5.82 Å². The fraction of sp³-hybridized carbons (Fsp3) is 0. The van der Waals surface area contributed by atoms with Crippen molar-refractivity contribution >= 4 is 23.2 Å². The fourth-order valence-corrected chi connectivity index (χ4v) is 1.95. The highest BCUT2D eigenvalue weighted by atomic mass is 35.5. The van der Waals surface area contributed by atoms with Gasteiger partial charge >= 0.3 is 0 Å². The molecule has 0 spiro atoms. The first-order valence-corrected chi connectivity index (χ1v) is 5.28. The Hall–Kier alpha value is -1.25. The summed E-state index contributed by atoms with van der Waals surface area (Å²) in [5, 5.41) is 10.1. The quantitative estimate of drug-likeness (QED) is 0.797. The number of phenols is 1. The van der Waals surface area contributed by atoms with Gasteiger partial charge in [-0.15, -0.1) is 0 Å². The van der Waals surface area contributed by atoms with Gasteiger partial charge in [0.15, 0.2) is 11.6 Å². The molecule has 0 aliphatic carbocycles. The second-order valence-corrected chi connectivity index (χ2v) is 4.11. The van der Waals surface area contributed by atoms with E-state index in [9.17, 15) is 9.50 Å². The van der Waals surface area contributed by atoms with E-state index >= 15 is 0 Å². The highest BCUT2D eigenvalue weighted by molar-refractivity contribution is 6.36. The molecule has 2 aromatic carbocycles. The van der Waals surface area contributed by atoms with Crippen LogP contribution in [0.15, 0.2) is 36.4 Å². The van der Waals surface area contributed by atoms with Crippen molar-refractivity contribution in [2.45, 2.75) is 0 Å². The van der Waals surface area contributed by atoms with Crippen LogP contribution < -0.4 is 0 Å². The van der Waals surface area contributed by atoms with Crippen molar-refractivity contribution in [3.63, 3.8) is 0 Å². The molecule has 0 unspecified atom stereocenters. The van der Waals surface area contributed by atoms with Crippen LogP contribution in [0.3, 0.4) is 0 Å². The highest BCUT2D eigenvalue weighted by Gasteiger charge is 2.11. The van der Waals surface area contributed by atoms with Gasteiger partial charge in [0, 0.05) is 21.2 Å². The first-order chi connectivity index (χ1) is 7.59. The molecule has 2 rings (SSSR count). The van der Waals surface area contributed by atoms with Crippen molar-refractivity contribution in [3.05, 3.63) is 52.3 Å². The number of rotatable bonds is 1. The molecule has 16 heavy (non-hydrogen) atoms. The smallest absolute Gasteiger partial charge is 0.172 e. The molecule has 0 saturated heterocycles. The van der Waals surface area contributed by atoms with Crippen molar-refractivity contribution < 1.29 is 9.50 Å². The zero-order valence-corrected chi connectivity index (χ0v) is 9.56. The average Bonchev–Trinajstić information content (AvgIpc) is 2.23. The van der Waals surface area contributed by atoms with Crippen molar-refractivity contribution in [1.82, 2.24) is 0 Å². The number of benzene rings is 2. The zero-order valence-electron chi connectivity index (χ0n) is 8.05. The highest BCUT2D eigenvalue weighted by Crippen LogP contribution is 2.34. The summed E-state index contributed by atoms with van der Waals surface area (Å²) >= 11 is 11.7. The van der Waals surface area contributed by atoms with Gasteiger partial charge in [-0.25, -0.2) is 4.39 Å². The second kappa shape index (κ2) is 4.32. The first kappa shape index (κ1) is 11.2. The maximum atomic E-state index is 13.6. The van der Waals surface area contributed by atoms with Gasteiger partial charge in [-0.2, -0.15) is 0 Å². The molecule has 0 heterocycles. The molecule has 1 nitrogen and oxygen atoms in total. The lowest BCUT2D eigenvalue weighted by Crippen LogP contribution is -1.86. The van der Waals surface area contributed by atoms with Gasteiger partial charge in [-0.3, -0.25) is 0 Å². The minimum atomic E-state index is -0.688. The number of hydrogen-bond acceptors (Lipinski definition) is 1. The van der Waals surface area contributed by atoms with Crippen LogP contribution in [-0.2, 0) is 0 Å². The van der Waals surface area contributed by atoms with E-state index in [0.717, 1.165) is 0 Å². The van der Waals surface area contributed by atoms with Crippen LogP contribution in [0.1, 0.15) is 0 Å². The van der Waals surface area contributed by atoms with Crippen LogP contribution in [0.25, 0.3) is 11.1 Å². The summed E-state index contributed by atoms with van der Waals surface area (Å²) in [6.45, 7) is 0. The monoisotopic (exact) mass is 256 g/mol. The van der Waals surface area contributed by atoms with Crippen LogP contribution in [0.2, 0.25) is 10.0 Å². The lowest BCUT2D eigenvalue weighted by atomic mass is 10.0. The molecule has 4 heteroatoms. The molecule has 0 atom stereocenters. The Morgan fingerprint density at radius 1 is 1.00 bits per heavy atom. The summed E-state index contributed by atoms with van der Waals surface area (Å²) in [5.41, 5.74) is 0.751. The molecular weight excluding hydrogens is 250 g/mol. The molecule has 0 aliphatic rings. The molecular formula is C12H7Cl2FO. The molecule has 0 radical (unpaired) electrons. The Bertz CT molecular complexity index is 541. The summed E-state index contributed by atoms with van der Waals surface area (Å²) in [6, 6.07) is 9.14. The van der Waals surface area contributed by atoms with Gasteiger partial charge in [0.25, 0.3) is 0 Å². The molecule has 0 bridgehead atoms. The van der Waals surface area contributed by atoms with E-state index in [1.807, 2.05) is 0 Å². The molecule has 0 aromatic heterocycles. The maximum absolute atomic E-state index is 13.6. The third-order valence-corrected chi connectivity index (χ3v) is 2.75. The van der Waals surface area contributed by atoms with Crippen molar-refractivity contribution in [1.29, 1.82) is 0 Å². The van der Waals surface area contributed by atoms with E-state index in [0.29, 0.717) is 15.6 Å². The molecule has 0 aliphatic heterocycles. The van der Waals surface area contributed by atoms with Crippen LogP contribution in [0.4, 0.5) is 4.39 Å². The molecule has 2 aromatic rings. The minimum absolute atomic E-state index is 0.252. The summed E-state index contributed by atoms with van der Waals surface area (Å²) in [4.78, 5) is 0. The zero-order chi connectivity index (χ0) is 11.7. The van der Waals surface area contributed by atoms with Crippen molar-refractivity contribution in [3.8, 4) is 16.9 Å². The van der Waals surface area contributed by atoms with E-state index in [4.69, 9.17) is 23.2 Å². The summed E-state index contributed by atoms with van der Waals surface area (Å²) in [6.07, 6.45) is 0. The second-order valence-electron chi connectivity index (χ2n) is 3.26. The predicted molar refractivity (Wildman–Crippen MR) is 63.5 cm³/mol. The Morgan fingerprint density at radius 2 is 1.75 bits per heavy atom. The fourth-order valence-electron chi connectivity index (χ4n) is 1.44. The van der Waals surface area contributed by atoms with Crippen molar-refractivity contribution in [2.75, 3.05) is 0 Å². The van der Waals surface area contributed by atoms with Crippen LogP contribution >= 0.6 is 23.2 Å². The molecule has 0 saturated carbocycles. The van der Waals surface area contributed by atoms with E-state index < -0.39 is 11.6 Å². The summed E-state index contributed by atoms with van der Waals surface area (Å²) in [7, 11) is 0. The Kier molecular flexibility index (Phi) is 3.03. The standard InChI is InChI=1S/C12H7Cl2FO/c13-7-4-5-8(10(14)6-7)9-2-1-3-11(16)12(9)15/h1-6,16H. The third kappa shape index (κ3) is 1.99. The number of phenolic OH excluding ortho intramolecular Hbond substituents is 1. The maximum Gasteiger partial charge on any atom is 0.172 e. The topological polar surface area (TPSA) is 20.2 Å². The molecule has 0 amide bonds. The Labute approximate surface area is 102 Å². The van der Waals surface area contributed by atoms with Crippen LogP contribution in [0.5, 0.6) is 5.75 Å². The number of halogens is 3. The molecule has 82 valence electrons. The van der Waals surface area contributed by atoms with Gasteiger partial charge in [0.2, 0.25) is 0 Å². The van der Waals surface area contributed by atoms with E-state index in [1.54, 1.807) is 24.3 Å². The SMILES string of the molecule is Oc1cccc(-c2ccc(Cl)cc2Cl)c1F.